The van der Waals surface area contributed by atoms with Crippen LogP contribution >= 0.6 is 11.8 Å². The number of hydrogen-bond acceptors (Lipinski definition) is 3. The molecule has 0 radical (unpaired) electrons. The lowest BCUT2D eigenvalue weighted by molar-refractivity contribution is 0.900. The fourth-order valence-electron chi connectivity index (χ4n) is 1.65. The van der Waals surface area contributed by atoms with Gasteiger partial charge in [0.15, 0.2) is 5.16 Å². The molecule has 5 heteroatoms. The van der Waals surface area contributed by atoms with E-state index in [4.69, 9.17) is 0 Å². The van der Waals surface area contributed by atoms with Crippen LogP contribution in [-0.4, -0.2) is 25.8 Å². The summed E-state index contributed by atoms with van der Waals surface area (Å²) >= 11 is 1.58. The highest BCUT2D eigenvalue weighted by Gasteiger charge is 2.09. The summed E-state index contributed by atoms with van der Waals surface area (Å²) in [6.45, 7) is 0. The Bertz CT molecular complexity index is 611. The van der Waals surface area contributed by atoms with Gasteiger partial charge in [0.05, 0.1) is 11.9 Å². The SMILES string of the molecule is CSc1nc2ncc(-c3ccccc3)n2[nH]1. The number of thioether (sulfide) groups is 1. The number of aromatic amines is 1. The van der Waals surface area contributed by atoms with Crippen LogP contribution < -0.4 is 0 Å². The van der Waals surface area contributed by atoms with Crippen molar-refractivity contribution >= 4 is 17.5 Å². The van der Waals surface area contributed by atoms with E-state index in [1.807, 2.05) is 35.2 Å². The quantitative estimate of drug-likeness (QED) is 0.688. The van der Waals surface area contributed by atoms with E-state index in [-0.39, 0.29) is 0 Å². The Hall–Kier alpha value is -1.75. The summed E-state index contributed by atoms with van der Waals surface area (Å²) in [5, 5.41) is 4.07. The first-order chi connectivity index (χ1) is 7.88. The third-order valence-corrected chi connectivity index (χ3v) is 2.98. The molecule has 3 rings (SSSR count). The van der Waals surface area contributed by atoms with Gasteiger partial charge in [0, 0.05) is 5.56 Å². The second kappa shape index (κ2) is 3.68. The Labute approximate surface area is 96.7 Å². The zero-order valence-corrected chi connectivity index (χ0v) is 9.53. The molecule has 3 aromatic rings. The topological polar surface area (TPSA) is 46.0 Å². The van der Waals surface area contributed by atoms with E-state index < -0.39 is 0 Å². The first-order valence-corrected chi connectivity index (χ1v) is 6.14. The molecule has 0 atom stereocenters. The Morgan fingerprint density at radius 3 is 2.81 bits per heavy atom. The van der Waals surface area contributed by atoms with Crippen LogP contribution in [0.2, 0.25) is 0 Å². The second-order valence-corrected chi connectivity index (χ2v) is 4.17. The van der Waals surface area contributed by atoms with E-state index >= 15 is 0 Å². The molecule has 0 saturated carbocycles. The predicted octanol–water partition coefficient (Wildman–Crippen LogP) is 2.45. The summed E-state index contributed by atoms with van der Waals surface area (Å²) in [4.78, 5) is 8.61. The molecule has 1 aromatic carbocycles. The van der Waals surface area contributed by atoms with Gasteiger partial charge in [-0.2, -0.15) is 4.98 Å². The van der Waals surface area contributed by atoms with Gasteiger partial charge in [-0.3, -0.25) is 5.10 Å². The average molecular weight is 230 g/mol. The van der Waals surface area contributed by atoms with Crippen LogP contribution in [0.3, 0.4) is 0 Å². The lowest BCUT2D eigenvalue weighted by Crippen LogP contribution is -1.87. The summed E-state index contributed by atoms with van der Waals surface area (Å²) in [6.07, 6.45) is 3.82. The molecule has 0 aliphatic rings. The summed E-state index contributed by atoms with van der Waals surface area (Å²) in [5.74, 6) is 0.711. The number of benzene rings is 1. The van der Waals surface area contributed by atoms with Crippen LogP contribution in [0.1, 0.15) is 0 Å². The minimum atomic E-state index is 0.711. The van der Waals surface area contributed by atoms with Crippen LogP contribution in [0.25, 0.3) is 17.0 Å². The molecule has 2 aromatic heterocycles. The van der Waals surface area contributed by atoms with Crippen molar-refractivity contribution in [2.75, 3.05) is 6.26 Å². The maximum Gasteiger partial charge on any atom is 0.251 e. The van der Waals surface area contributed by atoms with Crippen molar-refractivity contribution in [3.05, 3.63) is 36.5 Å². The van der Waals surface area contributed by atoms with E-state index in [1.165, 1.54) is 0 Å². The van der Waals surface area contributed by atoms with Crippen molar-refractivity contribution in [1.29, 1.82) is 0 Å². The first-order valence-electron chi connectivity index (χ1n) is 4.91. The van der Waals surface area contributed by atoms with Crippen LogP contribution in [0.4, 0.5) is 0 Å². The van der Waals surface area contributed by atoms with Gasteiger partial charge in [0.25, 0.3) is 5.78 Å². The molecule has 80 valence electrons. The number of nitrogens with zero attached hydrogens (tertiary/aromatic N) is 3. The van der Waals surface area contributed by atoms with Gasteiger partial charge in [-0.25, -0.2) is 9.50 Å². The van der Waals surface area contributed by atoms with Gasteiger partial charge in [0.1, 0.15) is 0 Å². The van der Waals surface area contributed by atoms with E-state index in [0.29, 0.717) is 5.78 Å². The molecule has 0 amide bonds. The number of nitrogens with one attached hydrogen (secondary N) is 1. The van der Waals surface area contributed by atoms with E-state index in [0.717, 1.165) is 16.4 Å². The number of imidazole rings is 1. The predicted molar refractivity (Wildman–Crippen MR) is 64.6 cm³/mol. The molecule has 1 N–H and O–H groups in total. The maximum absolute atomic E-state index is 4.34. The summed E-state index contributed by atoms with van der Waals surface area (Å²) in [7, 11) is 0. The largest absolute Gasteiger partial charge is 0.269 e. The minimum Gasteiger partial charge on any atom is -0.269 e. The Morgan fingerprint density at radius 2 is 2.06 bits per heavy atom. The second-order valence-electron chi connectivity index (χ2n) is 3.38. The lowest BCUT2D eigenvalue weighted by Gasteiger charge is -1.97. The number of hydrogen-bond donors (Lipinski definition) is 1. The number of H-pyrrole nitrogens is 1. The summed E-state index contributed by atoms with van der Waals surface area (Å²) in [6, 6.07) is 10.1. The fraction of sp³-hybridized carbons (Fsp3) is 0.0909. The minimum absolute atomic E-state index is 0.711. The molecule has 0 bridgehead atoms. The van der Waals surface area contributed by atoms with Gasteiger partial charge in [-0.15, -0.1) is 0 Å². The van der Waals surface area contributed by atoms with Crippen molar-refractivity contribution < 1.29 is 0 Å². The zero-order chi connectivity index (χ0) is 11.0. The van der Waals surface area contributed by atoms with Crippen molar-refractivity contribution in [3.8, 4) is 11.3 Å². The highest BCUT2D eigenvalue weighted by atomic mass is 32.2. The van der Waals surface area contributed by atoms with Gasteiger partial charge in [0.2, 0.25) is 0 Å². The molecule has 4 nitrogen and oxygen atoms in total. The van der Waals surface area contributed by atoms with Gasteiger partial charge in [-0.1, -0.05) is 42.1 Å². The molecule has 2 heterocycles. The summed E-state index contributed by atoms with van der Waals surface area (Å²) < 4.78 is 1.90. The third-order valence-electron chi connectivity index (χ3n) is 2.42. The number of aromatic nitrogens is 4. The molecule has 0 spiro atoms. The van der Waals surface area contributed by atoms with E-state index in [2.05, 4.69) is 27.2 Å². The Kier molecular flexibility index (Phi) is 2.18. The van der Waals surface area contributed by atoms with Crippen LogP contribution in [-0.2, 0) is 0 Å². The zero-order valence-electron chi connectivity index (χ0n) is 8.71. The molecule has 0 unspecified atom stereocenters. The maximum atomic E-state index is 4.34. The average Bonchev–Trinajstić information content (AvgIpc) is 2.88. The summed E-state index contributed by atoms with van der Waals surface area (Å²) in [5.41, 5.74) is 2.16. The van der Waals surface area contributed by atoms with E-state index in [9.17, 15) is 0 Å². The van der Waals surface area contributed by atoms with Crippen molar-refractivity contribution in [1.82, 2.24) is 19.6 Å². The van der Waals surface area contributed by atoms with Crippen LogP contribution in [0.15, 0.2) is 41.7 Å². The van der Waals surface area contributed by atoms with E-state index in [1.54, 1.807) is 11.8 Å². The highest BCUT2D eigenvalue weighted by Crippen LogP contribution is 2.20. The fourth-order valence-corrected chi connectivity index (χ4v) is 2.00. The molecule has 0 fully saturated rings. The van der Waals surface area contributed by atoms with Gasteiger partial charge in [-0.05, 0) is 6.26 Å². The monoisotopic (exact) mass is 230 g/mol. The van der Waals surface area contributed by atoms with Crippen molar-refractivity contribution in [2.45, 2.75) is 5.16 Å². The van der Waals surface area contributed by atoms with Crippen molar-refractivity contribution in [3.63, 3.8) is 0 Å². The van der Waals surface area contributed by atoms with Crippen LogP contribution in [0.5, 0.6) is 0 Å². The smallest absolute Gasteiger partial charge is 0.251 e. The third kappa shape index (κ3) is 1.40. The first kappa shape index (κ1) is 9.47. The number of fused-ring (bicyclic) bond motifs is 1. The highest BCUT2D eigenvalue weighted by molar-refractivity contribution is 7.98. The molecule has 16 heavy (non-hydrogen) atoms. The molecule has 0 aliphatic carbocycles. The lowest BCUT2D eigenvalue weighted by atomic mass is 10.2. The Balaban J connectivity index is 2.20. The molecular formula is C11H10N4S. The number of rotatable bonds is 2. The molecular weight excluding hydrogens is 220 g/mol. The van der Waals surface area contributed by atoms with Crippen LogP contribution in [0, 0.1) is 0 Å². The standard InChI is InChI=1S/C11H10N4S/c1-16-11-13-10-12-7-9(15(10)14-11)8-5-3-2-4-6-8/h2-7H,1H3,(H,12,13,14). The normalized spacial score (nSPS) is 11.1. The van der Waals surface area contributed by atoms with Gasteiger partial charge >= 0.3 is 0 Å². The van der Waals surface area contributed by atoms with Crippen molar-refractivity contribution in [2.24, 2.45) is 0 Å². The molecule has 0 saturated heterocycles. The van der Waals surface area contributed by atoms with Gasteiger partial charge < -0.3 is 0 Å². The molecule has 0 aliphatic heterocycles. The Morgan fingerprint density at radius 1 is 1.25 bits per heavy atom.